The fourth-order valence-electron chi connectivity index (χ4n) is 2.22. The van der Waals surface area contributed by atoms with Gasteiger partial charge in [-0.1, -0.05) is 0 Å². The van der Waals surface area contributed by atoms with Gasteiger partial charge in [0.15, 0.2) is 0 Å². The number of carbonyl (C=O) groups excluding carboxylic acids is 2. The van der Waals surface area contributed by atoms with Crippen molar-refractivity contribution in [3.8, 4) is 0 Å². The van der Waals surface area contributed by atoms with Crippen molar-refractivity contribution in [2.24, 2.45) is 5.84 Å². The maximum Gasteiger partial charge on any atom is 0.267 e. The molecule has 1 atom stereocenters. The van der Waals surface area contributed by atoms with Crippen LogP contribution in [-0.2, 0) is 19.7 Å². The first-order valence-corrected chi connectivity index (χ1v) is 8.45. The number of aliphatic hydroxyl groups excluding tert-OH is 1. The van der Waals surface area contributed by atoms with E-state index in [2.05, 4.69) is 0 Å². The number of aliphatic hydroxyl groups is 1. The summed E-state index contributed by atoms with van der Waals surface area (Å²) in [5.41, 5.74) is 1.96. The molecule has 11 heteroatoms. The van der Waals surface area contributed by atoms with Crippen LogP contribution in [0.4, 0.5) is 0 Å². The molecule has 0 saturated carbocycles. The van der Waals surface area contributed by atoms with Crippen LogP contribution in [0.1, 0.15) is 12.8 Å². The topological polar surface area (TPSA) is 153 Å². The number of hydrazine groups is 1. The van der Waals surface area contributed by atoms with Crippen molar-refractivity contribution in [1.82, 2.24) is 15.2 Å². The van der Waals surface area contributed by atoms with Crippen molar-refractivity contribution in [3.05, 3.63) is 0 Å². The normalized spacial score (nSPS) is 18.0. The Kier molecular flexibility index (Phi) is 7.16. The van der Waals surface area contributed by atoms with E-state index in [-0.39, 0.29) is 25.3 Å². The van der Waals surface area contributed by atoms with E-state index in [1.54, 1.807) is 4.90 Å². The predicted molar refractivity (Wildman–Crippen MR) is 77.0 cm³/mol. The average molecular weight is 338 g/mol. The summed E-state index contributed by atoms with van der Waals surface area (Å²) in [6.07, 6.45) is -1.07. The first-order chi connectivity index (χ1) is 10.2. The van der Waals surface area contributed by atoms with E-state index in [1.807, 2.05) is 10.3 Å². The zero-order valence-corrected chi connectivity index (χ0v) is 13.0. The van der Waals surface area contributed by atoms with Gasteiger partial charge in [-0.3, -0.25) is 24.5 Å². The first kappa shape index (κ1) is 18.8. The van der Waals surface area contributed by atoms with Crippen LogP contribution in [0, 0.1) is 0 Å². The number of piperazine rings is 1. The lowest BCUT2D eigenvalue weighted by Crippen LogP contribution is -2.51. The summed E-state index contributed by atoms with van der Waals surface area (Å²) in [6, 6.07) is 0. The Balaban J connectivity index is 2.31. The Morgan fingerprint density at radius 2 is 1.77 bits per heavy atom. The minimum atomic E-state index is -4.21. The summed E-state index contributed by atoms with van der Waals surface area (Å²) in [5, 5.41) is 9.57. The van der Waals surface area contributed by atoms with E-state index in [4.69, 9.17) is 10.4 Å². The Morgan fingerprint density at radius 1 is 1.18 bits per heavy atom. The molecule has 10 nitrogen and oxygen atoms in total. The van der Waals surface area contributed by atoms with Gasteiger partial charge in [-0.25, -0.2) is 5.84 Å². The van der Waals surface area contributed by atoms with Crippen LogP contribution in [0.2, 0.25) is 0 Å². The highest BCUT2D eigenvalue weighted by atomic mass is 32.2. The number of carbonyl (C=O) groups is 2. The lowest BCUT2D eigenvalue weighted by molar-refractivity contribution is -0.135. The fraction of sp³-hybridized carbons (Fsp3) is 0.818. The second kappa shape index (κ2) is 8.39. The second-order valence-electron chi connectivity index (χ2n) is 5.15. The standard InChI is InChI=1S/C11H22N4O6S/c12-13-10(17)1-2-11(18)15-5-3-14(4-6-15)7-9(16)8-22(19,20)21/h9,16H,1-8,12H2,(H,13,17)(H,19,20,21). The van der Waals surface area contributed by atoms with Crippen molar-refractivity contribution in [2.45, 2.75) is 18.9 Å². The van der Waals surface area contributed by atoms with E-state index >= 15 is 0 Å². The molecule has 0 radical (unpaired) electrons. The Hall–Kier alpha value is -1.27. The predicted octanol–water partition coefficient (Wildman–Crippen LogP) is -2.85. The van der Waals surface area contributed by atoms with Crippen molar-refractivity contribution in [1.29, 1.82) is 0 Å². The summed E-state index contributed by atoms with van der Waals surface area (Å²) in [5.74, 6) is 3.67. The first-order valence-electron chi connectivity index (χ1n) is 6.84. The van der Waals surface area contributed by atoms with Gasteiger partial charge in [0.05, 0.1) is 6.10 Å². The molecule has 1 rings (SSSR count). The van der Waals surface area contributed by atoms with Crippen LogP contribution in [0.3, 0.4) is 0 Å². The van der Waals surface area contributed by atoms with E-state index < -0.39 is 27.9 Å². The summed E-state index contributed by atoms with van der Waals surface area (Å²) in [6.45, 7) is 1.94. The quantitative estimate of drug-likeness (QED) is 0.167. The molecular weight excluding hydrogens is 316 g/mol. The molecule has 5 N–H and O–H groups in total. The summed E-state index contributed by atoms with van der Waals surface area (Å²) in [7, 11) is -4.21. The van der Waals surface area contributed by atoms with Crippen LogP contribution >= 0.6 is 0 Å². The average Bonchev–Trinajstić information content (AvgIpc) is 2.43. The molecule has 0 aromatic carbocycles. The molecule has 0 aromatic heterocycles. The van der Waals surface area contributed by atoms with Crippen molar-refractivity contribution < 1.29 is 27.7 Å². The van der Waals surface area contributed by atoms with Gasteiger partial charge in [0, 0.05) is 45.6 Å². The Labute approximate surface area is 129 Å². The number of nitrogens with two attached hydrogens (primary N) is 1. The number of nitrogens with zero attached hydrogens (tertiary/aromatic N) is 2. The minimum absolute atomic E-state index is 0.0304. The third-order valence-electron chi connectivity index (χ3n) is 3.32. The molecule has 1 saturated heterocycles. The zero-order chi connectivity index (χ0) is 16.8. The number of nitrogens with one attached hydrogen (secondary N) is 1. The largest absolute Gasteiger partial charge is 0.391 e. The summed E-state index contributed by atoms with van der Waals surface area (Å²) in [4.78, 5) is 26.3. The van der Waals surface area contributed by atoms with Crippen LogP contribution in [-0.4, -0.2) is 84.3 Å². The van der Waals surface area contributed by atoms with Crippen LogP contribution in [0.25, 0.3) is 0 Å². The molecule has 1 unspecified atom stereocenters. The molecular formula is C11H22N4O6S. The molecule has 0 aromatic rings. The number of hydrogen-bond acceptors (Lipinski definition) is 7. The van der Waals surface area contributed by atoms with E-state index in [9.17, 15) is 23.1 Å². The highest BCUT2D eigenvalue weighted by Crippen LogP contribution is 2.06. The second-order valence-corrected chi connectivity index (χ2v) is 6.65. The van der Waals surface area contributed by atoms with Crippen molar-refractivity contribution >= 4 is 21.9 Å². The molecule has 0 bridgehead atoms. The number of hydrogen-bond donors (Lipinski definition) is 4. The lowest BCUT2D eigenvalue weighted by Gasteiger charge is -2.35. The van der Waals surface area contributed by atoms with E-state index in [0.29, 0.717) is 26.2 Å². The Morgan fingerprint density at radius 3 is 2.27 bits per heavy atom. The SMILES string of the molecule is NNC(=O)CCC(=O)N1CCN(CC(O)CS(=O)(=O)O)CC1. The monoisotopic (exact) mass is 338 g/mol. The van der Waals surface area contributed by atoms with Crippen molar-refractivity contribution in [3.63, 3.8) is 0 Å². The molecule has 1 heterocycles. The molecule has 1 fully saturated rings. The van der Waals surface area contributed by atoms with Gasteiger partial charge in [0.1, 0.15) is 5.75 Å². The highest BCUT2D eigenvalue weighted by molar-refractivity contribution is 7.85. The fourth-order valence-corrected chi connectivity index (χ4v) is 2.82. The lowest BCUT2D eigenvalue weighted by atomic mass is 10.2. The van der Waals surface area contributed by atoms with Crippen LogP contribution in [0.15, 0.2) is 0 Å². The van der Waals surface area contributed by atoms with Crippen molar-refractivity contribution in [2.75, 3.05) is 38.5 Å². The maximum atomic E-state index is 11.9. The molecule has 1 aliphatic heterocycles. The molecule has 0 aliphatic carbocycles. The van der Waals surface area contributed by atoms with Crippen LogP contribution < -0.4 is 11.3 Å². The van der Waals surface area contributed by atoms with Gasteiger partial charge in [-0.05, 0) is 0 Å². The van der Waals surface area contributed by atoms with Gasteiger partial charge in [0.25, 0.3) is 10.1 Å². The van der Waals surface area contributed by atoms with E-state index in [0.717, 1.165) is 0 Å². The molecule has 22 heavy (non-hydrogen) atoms. The van der Waals surface area contributed by atoms with Gasteiger partial charge in [0.2, 0.25) is 11.8 Å². The van der Waals surface area contributed by atoms with Crippen LogP contribution in [0.5, 0.6) is 0 Å². The third-order valence-corrected chi connectivity index (χ3v) is 4.13. The summed E-state index contributed by atoms with van der Waals surface area (Å²) >= 11 is 0. The third kappa shape index (κ3) is 7.13. The van der Waals surface area contributed by atoms with E-state index in [1.165, 1.54) is 0 Å². The van der Waals surface area contributed by atoms with Gasteiger partial charge in [-0.15, -0.1) is 0 Å². The zero-order valence-electron chi connectivity index (χ0n) is 12.1. The highest BCUT2D eigenvalue weighted by Gasteiger charge is 2.24. The van der Waals surface area contributed by atoms with Gasteiger partial charge >= 0.3 is 0 Å². The maximum absolute atomic E-state index is 11.9. The minimum Gasteiger partial charge on any atom is -0.391 e. The molecule has 128 valence electrons. The number of β-amino-alcohol motifs (C(OH)–C–C–N with tert-alkyl or cyclic N) is 1. The summed E-state index contributed by atoms with van der Waals surface area (Å²) < 4.78 is 30.0. The van der Waals surface area contributed by atoms with Gasteiger partial charge < -0.3 is 10.0 Å². The number of rotatable bonds is 7. The molecule has 1 aliphatic rings. The smallest absolute Gasteiger partial charge is 0.267 e. The van der Waals surface area contributed by atoms with Gasteiger partial charge in [-0.2, -0.15) is 8.42 Å². The molecule has 0 spiro atoms. The Bertz CT molecular complexity index is 489. The molecule has 2 amide bonds. The number of amides is 2.